The van der Waals surface area contributed by atoms with Crippen LogP contribution in [0.5, 0.6) is 0 Å². The number of amides is 1. The highest BCUT2D eigenvalue weighted by atomic mass is 35.5. The zero-order valence-electron chi connectivity index (χ0n) is 18.1. The summed E-state index contributed by atoms with van der Waals surface area (Å²) in [5.41, 5.74) is 4.08. The molecular formula is C24H25ClN6O. The van der Waals surface area contributed by atoms with Gasteiger partial charge in [-0.25, -0.2) is 9.67 Å². The van der Waals surface area contributed by atoms with Crippen LogP contribution in [0.4, 0.5) is 0 Å². The van der Waals surface area contributed by atoms with E-state index in [1.165, 1.54) is 0 Å². The molecule has 0 saturated heterocycles. The first-order valence-corrected chi connectivity index (χ1v) is 11.3. The number of halogens is 1. The Hall–Kier alpha value is -3.19. The molecule has 1 aliphatic rings. The summed E-state index contributed by atoms with van der Waals surface area (Å²) in [7, 11) is 0. The van der Waals surface area contributed by atoms with Gasteiger partial charge in [-0.05, 0) is 43.9 Å². The molecule has 1 aliphatic carbocycles. The van der Waals surface area contributed by atoms with Crippen molar-refractivity contribution in [1.82, 2.24) is 29.9 Å². The molecule has 0 radical (unpaired) electrons. The average Bonchev–Trinajstić information content (AvgIpc) is 3.49. The van der Waals surface area contributed by atoms with E-state index in [1.54, 1.807) is 17.1 Å². The van der Waals surface area contributed by atoms with Crippen LogP contribution >= 0.6 is 11.6 Å². The van der Waals surface area contributed by atoms with Crippen molar-refractivity contribution in [2.24, 2.45) is 5.92 Å². The molecule has 0 bridgehead atoms. The van der Waals surface area contributed by atoms with E-state index in [-0.39, 0.29) is 11.8 Å². The maximum Gasteiger partial charge on any atom is 0.252 e. The van der Waals surface area contributed by atoms with Gasteiger partial charge in [-0.3, -0.25) is 9.48 Å². The number of aryl methyl sites for hydroxylation is 1. The zero-order valence-corrected chi connectivity index (χ0v) is 18.9. The summed E-state index contributed by atoms with van der Waals surface area (Å²) in [6.07, 6.45) is 5.63. The van der Waals surface area contributed by atoms with Crippen LogP contribution in [0.2, 0.25) is 5.02 Å². The first-order chi connectivity index (χ1) is 15.5. The van der Waals surface area contributed by atoms with E-state index >= 15 is 0 Å². The third-order valence-corrected chi connectivity index (χ3v) is 5.98. The lowest BCUT2D eigenvalue weighted by atomic mass is 10.1. The van der Waals surface area contributed by atoms with Gasteiger partial charge in [0.15, 0.2) is 5.65 Å². The predicted octanol–water partition coefficient (Wildman–Crippen LogP) is 4.52. The molecule has 7 nitrogen and oxygen atoms in total. The fourth-order valence-electron chi connectivity index (χ4n) is 4.01. The summed E-state index contributed by atoms with van der Waals surface area (Å²) in [5.74, 6) is 0.525. The van der Waals surface area contributed by atoms with Gasteiger partial charge in [-0.15, -0.1) is 0 Å². The van der Waals surface area contributed by atoms with Crippen LogP contribution in [0, 0.1) is 12.8 Å². The maximum atomic E-state index is 13.3. The molecule has 8 heteroatoms. The molecule has 3 aromatic heterocycles. The van der Waals surface area contributed by atoms with E-state index in [0.717, 1.165) is 41.0 Å². The maximum absolute atomic E-state index is 13.3. The van der Waals surface area contributed by atoms with E-state index in [2.05, 4.69) is 17.3 Å². The van der Waals surface area contributed by atoms with E-state index in [0.29, 0.717) is 29.6 Å². The Bertz CT molecular complexity index is 1270. The van der Waals surface area contributed by atoms with Gasteiger partial charge in [0.05, 0.1) is 33.6 Å². The number of carbonyl (C=O) groups excluding carboxylic acids is 1. The summed E-state index contributed by atoms with van der Waals surface area (Å²) in [6.45, 7) is 5.22. The first-order valence-electron chi connectivity index (χ1n) is 10.9. The largest absolute Gasteiger partial charge is 0.352 e. The Labute approximate surface area is 191 Å². The van der Waals surface area contributed by atoms with Crippen LogP contribution in [0.25, 0.3) is 16.7 Å². The number of fused-ring (bicyclic) bond motifs is 1. The number of nitrogens with zero attached hydrogens (tertiary/aromatic N) is 5. The third kappa shape index (κ3) is 4.12. The Morgan fingerprint density at radius 2 is 2.06 bits per heavy atom. The molecule has 0 spiro atoms. The van der Waals surface area contributed by atoms with E-state index < -0.39 is 0 Å². The molecule has 164 valence electrons. The minimum absolute atomic E-state index is 0.0969. The number of pyridine rings is 1. The van der Waals surface area contributed by atoms with Crippen molar-refractivity contribution in [3.05, 3.63) is 70.8 Å². The SMILES string of the molecule is Cc1nn(-c2ccccc2)c2nc(C3CC3)cc(C(=O)NC[C@H](C)Cn3cc(Cl)cn3)c12. The Morgan fingerprint density at radius 3 is 2.75 bits per heavy atom. The summed E-state index contributed by atoms with van der Waals surface area (Å²) < 4.78 is 3.64. The van der Waals surface area contributed by atoms with Crippen molar-refractivity contribution in [1.29, 1.82) is 0 Å². The minimum atomic E-state index is -0.0969. The molecule has 5 rings (SSSR count). The van der Waals surface area contributed by atoms with Crippen molar-refractivity contribution >= 4 is 28.5 Å². The van der Waals surface area contributed by atoms with Gasteiger partial charge >= 0.3 is 0 Å². The van der Waals surface area contributed by atoms with Crippen LogP contribution in [-0.4, -0.2) is 37.0 Å². The summed E-state index contributed by atoms with van der Waals surface area (Å²) in [6, 6.07) is 11.9. The van der Waals surface area contributed by atoms with Crippen molar-refractivity contribution < 1.29 is 4.79 Å². The number of carbonyl (C=O) groups is 1. The molecule has 4 aromatic rings. The van der Waals surface area contributed by atoms with Crippen LogP contribution in [0.15, 0.2) is 48.8 Å². The van der Waals surface area contributed by atoms with Crippen molar-refractivity contribution in [3.63, 3.8) is 0 Å². The molecule has 0 unspecified atom stereocenters. The van der Waals surface area contributed by atoms with Gasteiger partial charge in [0.1, 0.15) is 0 Å². The molecule has 1 fully saturated rings. The van der Waals surface area contributed by atoms with Gasteiger partial charge in [0.2, 0.25) is 0 Å². The molecular weight excluding hydrogens is 424 g/mol. The summed E-state index contributed by atoms with van der Waals surface area (Å²) in [5, 5.41) is 13.5. The molecule has 1 amide bonds. The number of hydrogen-bond acceptors (Lipinski definition) is 4. The third-order valence-electron chi connectivity index (χ3n) is 5.79. The van der Waals surface area contributed by atoms with Gasteiger partial charge in [-0.2, -0.15) is 10.2 Å². The Morgan fingerprint density at radius 1 is 1.28 bits per heavy atom. The minimum Gasteiger partial charge on any atom is -0.352 e. The monoisotopic (exact) mass is 448 g/mol. The number of nitrogens with one attached hydrogen (secondary N) is 1. The van der Waals surface area contributed by atoms with Crippen LogP contribution in [0.1, 0.15) is 47.4 Å². The number of para-hydroxylation sites is 1. The number of benzene rings is 1. The van der Waals surface area contributed by atoms with Gasteiger partial charge in [0, 0.05) is 30.9 Å². The highest BCUT2D eigenvalue weighted by molar-refractivity contribution is 6.30. The second-order valence-corrected chi connectivity index (χ2v) is 9.03. The smallest absolute Gasteiger partial charge is 0.252 e. The fourth-order valence-corrected chi connectivity index (χ4v) is 4.17. The molecule has 3 heterocycles. The first kappa shape index (κ1) is 20.7. The lowest BCUT2D eigenvalue weighted by molar-refractivity contribution is 0.0948. The van der Waals surface area contributed by atoms with Crippen molar-refractivity contribution in [3.8, 4) is 5.69 Å². The lowest BCUT2D eigenvalue weighted by Crippen LogP contribution is -2.30. The van der Waals surface area contributed by atoms with E-state index in [1.807, 2.05) is 48.0 Å². The van der Waals surface area contributed by atoms with Gasteiger partial charge in [-0.1, -0.05) is 36.7 Å². The van der Waals surface area contributed by atoms with Crippen LogP contribution in [-0.2, 0) is 6.54 Å². The molecule has 32 heavy (non-hydrogen) atoms. The standard InChI is InChI=1S/C24H25ClN6O/c1-15(13-30-14-18(25)12-27-30)11-26-24(32)20-10-21(17-8-9-17)28-23-22(20)16(2)29-31(23)19-6-4-3-5-7-19/h3-7,10,12,14-15,17H,8-9,11,13H2,1-2H3,(H,26,32)/t15-/m0/s1. The van der Waals surface area contributed by atoms with E-state index in [4.69, 9.17) is 21.7 Å². The summed E-state index contributed by atoms with van der Waals surface area (Å²) >= 11 is 5.95. The second-order valence-electron chi connectivity index (χ2n) is 8.60. The van der Waals surface area contributed by atoms with Crippen LogP contribution in [0.3, 0.4) is 0 Å². The van der Waals surface area contributed by atoms with Crippen LogP contribution < -0.4 is 5.32 Å². The predicted molar refractivity (Wildman–Crippen MR) is 124 cm³/mol. The lowest BCUT2D eigenvalue weighted by Gasteiger charge is -2.14. The highest BCUT2D eigenvalue weighted by Gasteiger charge is 2.29. The average molecular weight is 449 g/mol. The number of rotatable bonds is 7. The quantitative estimate of drug-likeness (QED) is 0.450. The Balaban J connectivity index is 1.44. The van der Waals surface area contributed by atoms with E-state index in [9.17, 15) is 4.79 Å². The molecule has 1 saturated carbocycles. The molecule has 1 N–H and O–H groups in total. The number of hydrogen-bond donors (Lipinski definition) is 1. The number of aromatic nitrogens is 5. The highest BCUT2D eigenvalue weighted by Crippen LogP contribution is 2.40. The summed E-state index contributed by atoms with van der Waals surface area (Å²) in [4.78, 5) is 18.2. The normalized spacial score (nSPS) is 14.6. The van der Waals surface area contributed by atoms with Gasteiger partial charge < -0.3 is 5.32 Å². The van der Waals surface area contributed by atoms with Crippen molar-refractivity contribution in [2.45, 2.75) is 39.2 Å². The second kappa shape index (κ2) is 8.39. The fraction of sp³-hybridized carbons (Fsp3) is 0.333. The van der Waals surface area contributed by atoms with Gasteiger partial charge in [0.25, 0.3) is 5.91 Å². The topological polar surface area (TPSA) is 77.6 Å². The molecule has 1 aromatic carbocycles. The molecule has 1 atom stereocenters. The Kier molecular flexibility index (Phi) is 5.43. The molecule has 0 aliphatic heterocycles. The van der Waals surface area contributed by atoms with Crippen molar-refractivity contribution in [2.75, 3.05) is 6.54 Å². The zero-order chi connectivity index (χ0) is 22.2.